The van der Waals surface area contributed by atoms with E-state index in [1.54, 1.807) is 12.1 Å². The number of carboxylic acid groups (broad SMARTS) is 1. The molecule has 17 heavy (non-hydrogen) atoms. The third kappa shape index (κ3) is 2.78. The minimum atomic E-state index is -0.898. The summed E-state index contributed by atoms with van der Waals surface area (Å²) in [7, 11) is 4.01. The maximum Gasteiger partial charge on any atom is 0.335 e. The van der Waals surface area contributed by atoms with Crippen molar-refractivity contribution in [1.82, 2.24) is 9.88 Å². The van der Waals surface area contributed by atoms with Crippen molar-refractivity contribution in [1.29, 1.82) is 0 Å². The first kappa shape index (κ1) is 13.5. The number of nitrogens with zero attached hydrogens (tertiary/aromatic N) is 1. The number of H-pyrrole nitrogens is 1. The first-order valence-corrected chi connectivity index (χ1v) is 5.06. The highest BCUT2D eigenvalue weighted by molar-refractivity contribution is 5.94. The number of rotatable bonds is 3. The van der Waals surface area contributed by atoms with Gasteiger partial charge in [-0.25, -0.2) is 4.79 Å². The lowest BCUT2D eigenvalue weighted by Crippen LogP contribution is -2.10. The normalized spacial score (nSPS) is 10.5. The molecule has 4 nitrogen and oxygen atoms in total. The number of carbonyl (C=O) groups is 1. The van der Waals surface area contributed by atoms with Crippen molar-refractivity contribution in [3.8, 4) is 0 Å². The summed E-state index contributed by atoms with van der Waals surface area (Å²) >= 11 is 0. The number of fused-ring (bicyclic) bond motifs is 1. The van der Waals surface area contributed by atoms with Gasteiger partial charge in [0.05, 0.1) is 5.56 Å². The molecule has 0 atom stereocenters. The first-order valence-electron chi connectivity index (χ1n) is 5.06. The molecule has 0 radical (unpaired) electrons. The quantitative estimate of drug-likeness (QED) is 0.884. The summed E-state index contributed by atoms with van der Waals surface area (Å²) in [5.41, 5.74) is 2.36. The molecular weight excluding hydrogens is 240 g/mol. The highest BCUT2D eigenvalue weighted by atomic mass is 35.5. The van der Waals surface area contributed by atoms with E-state index in [1.165, 1.54) is 5.56 Å². The van der Waals surface area contributed by atoms with Crippen LogP contribution in [0, 0.1) is 0 Å². The Kier molecular flexibility index (Phi) is 4.15. The highest BCUT2D eigenvalue weighted by Gasteiger charge is 2.08. The summed E-state index contributed by atoms with van der Waals surface area (Å²) in [5, 5.41) is 9.96. The summed E-state index contributed by atoms with van der Waals surface area (Å²) in [4.78, 5) is 16.0. The topological polar surface area (TPSA) is 56.3 Å². The Morgan fingerprint density at radius 1 is 1.41 bits per heavy atom. The van der Waals surface area contributed by atoms with Crippen LogP contribution in [0.5, 0.6) is 0 Å². The number of aromatic nitrogens is 1. The Bertz CT molecular complexity index is 534. The van der Waals surface area contributed by atoms with Crippen LogP contribution in [-0.4, -0.2) is 35.1 Å². The van der Waals surface area contributed by atoms with Crippen LogP contribution < -0.4 is 0 Å². The molecule has 0 fully saturated rings. The fourth-order valence-electron chi connectivity index (χ4n) is 1.79. The van der Waals surface area contributed by atoms with Crippen LogP contribution in [0.1, 0.15) is 15.9 Å². The summed E-state index contributed by atoms with van der Waals surface area (Å²) in [5.74, 6) is -0.898. The first-order chi connectivity index (χ1) is 7.58. The second-order valence-corrected chi connectivity index (χ2v) is 4.12. The number of carboxylic acids is 1. The molecule has 0 aliphatic rings. The van der Waals surface area contributed by atoms with Crippen LogP contribution in [0.25, 0.3) is 10.9 Å². The van der Waals surface area contributed by atoms with Gasteiger partial charge in [-0.1, -0.05) is 6.07 Å². The maximum atomic E-state index is 10.8. The van der Waals surface area contributed by atoms with Crippen LogP contribution >= 0.6 is 12.4 Å². The molecule has 0 aliphatic heterocycles. The Balaban J connectivity index is 0.00000144. The molecule has 0 unspecified atom stereocenters. The molecule has 0 amide bonds. The number of aromatic amines is 1. The maximum absolute atomic E-state index is 10.8. The van der Waals surface area contributed by atoms with Crippen molar-refractivity contribution in [2.24, 2.45) is 0 Å². The fraction of sp³-hybridized carbons (Fsp3) is 0.250. The zero-order valence-corrected chi connectivity index (χ0v) is 10.5. The van der Waals surface area contributed by atoms with Gasteiger partial charge in [-0.2, -0.15) is 0 Å². The molecule has 5 heteroatoms. The number of hydrogen-bond donors (Lipinski definition) is 2. The standard InChI is InChI=1S/C12H14N2O2.ClH/c1-14(2)7-9-6-13-11-5-8(12(15)16)3-4-10(9)11;/h3-6,13H,7H2,1-2H3,(H,15,16);1H. The number of nitrogens with one attached hydrogen (secondary N) is 1. The molecule has 1 heterocycles. The van der Waals surface area contributed by atoms with Gasteiger partial charge in [0.1, 0.15) is 0 Å². The van der Waals surface area contributed by atoms with Crippen LogP contribution in [-0.2, 0) is 6.54 Å². The SMILES string of the molecule is CN(C)Cc1c[nH]c2cc(C(=O)O)ccc12.Cl. The van der Waals surface area contributed by atoms with E-state index in [9.17, 15) is 4.79 Å². The summed E-state index contributed by atoms with van der Waals surface area (Å²) in [6.07, 6.45) is 1.93. The van der Waals surface area contributed by atoms with E-state index in [0.29, 0.717) is 5.56 Å². The third-order valence-corrected chi connectivity index (χ3v) is 2.50. The monoisotopic (exact) mass is 254 g/mol. The van der Waals surface area contributed by atoms with E-state index >= 15 is 0 Å². The second-order valence-electron chi connectivity index (χ2n) is 4.12. The number of aromatic carboxylic acids is 1. The lowest BCUT2D eigenvalue weighted by Gasteiger charge is -2.07. The van der Waals surface area contributed by atoms with Gasteiger partial charge in [-0.15, -0.1) is 12.4 Å². The summed E-state index contributed by atoms with van der Waals surface area (Å²) in [6.45, 7) is 0.840. The molecule has 0 aliphatic carbocycles. The molecular formula is C12H15ClN2O2. The third-order valence-electron chi connectivity index (χ3n) is 2.50. The molecule has 0 spiro atoms. The van der Waals surface area contributed by atoms with Gasteiger partial charge in [0.15, 0.2) is 0 Å². The second kappa shape index (κ2) is 5.21. The largest absolute Gasteiger partial charge is 0.478 e. The number of hydrogen-bond acceptors (Lipinski definition) is 2. The van der Waals surface area contributed by atoms with Crippen molar-refractivity contribution in [3.05, 3.63) is 35.5 Å². The molecule has 2 N–H and O–H groups in total. The predicted molar refractivity (Wildman–Crippen MR) is 69.9 cm³/mol. The van der Waals surface area contributed by atoms with Gasteiger partial charge in [-0.05, 0) is 31.8 Å². The van der Waals surface area contributed by atoms with Crippen molar-refractivity contribution in [3.63, 3.8) is 0 Å². The average Bonchev–Trinajstić information content (AvgIpc) is 2.60. The van der Waals surface area contributed by atoms with Crippen LogP contribution in [0.3, 0.4) is 0 Å². The van der Waals surface area contributed by atoms with Crippen LogP contribution in [0.4, 0.5) is 0 Å². The average molecular weight is 255 g/mol. The van der Waals surface area contributed by atoms with Crippen LogP contribution in [0.15, 0.2) is 24.4 Å². The zero-order chi connectivity index (χ0) is 11.7. The molecule has 0 saturated carbocycles. The van der Waals surface area contributed by atoms with E-state index in [0.717, 1.165) is 17.4 Å². The van der Waals surface area contributed by atoms with Crippen molar-refractivity contribution in [2.75, 3.05) is 14.1 Å². The van der Waals surface area contributed by atoms with Gasteiger partial charge in [0.25, 0.3) is 0 Å². The molecule has 2 aromatic rings. The van der Waals surface area contributed by atoms with Crippen molar-refractivity contribution >= 4 is 29.3 Å². The van der Waals surface area contributed by atoms with Gasteiger partial charge in [0.2, 0.25) is 0 Å². The molecule has 0 bridgehead atoms. The van der Waals surface area contributed by atoms with E-state index in [4.69, 9.17) is 5.11 Å². The van der Waals surface area contributed by atoms with E-state index in [2.05, 4.69) is 9.88 Å². The predicted octanol–water partition coefficient (Wildman–Crippen LogP) is 2.35. The highest BCUT2D eigenvalue weighted by Crippen LogP contribution is 2.20. The minimum Gasteiger partial charge on any atom is -0.478 e. The van der Waals surface area contributed by atoms with Gasteiger partial charge in [0, 0.05) is 23.6 Å². The van der Waals surface area contributed by atoms with Gasteiger partial charge < -0.3 is 15.0 Å². The Hall–Kier alpha value is -1.52. The minimum absolute atomic E-state index is 0. The lowest BCUT2D eigenvalue weighted by atomic mass is 10.1. The van der Waals surface area contributed by atoms with E-state index in [1.807, 2.05) is 26.4 Å². The fourth-order valence-corrected chi connectivity index (χ4v) is 1.79. The number of halogens is 1. The summed E-state index contributed by atoms with van der Waals surface area (Å²) < 4.78 is 0. The Labute approximate surface area is 106 Å². The molecule has 92 valence electrons. The zero-order valence-electron chi connectivity index (χ0n) is 9.73. The Morgan fingerprint density at radius 3 is 2.71 bits per heavy atom. The number of benzene rings is 1. The Morgan fingerprint density at radius 2 is 2.12 bits per heavy atom. The lowest BCUT2D eigenvalue weighted by molar-refractivity contribution is 0.0697. The smallest absolute Gasteiger partial charge is 0.335 e. The molecule has 1 aromatic carbocycles. The van der Waals surface area contributed by atoms with Gasteiger partial charge in [-0.3, -0.25) is 0 Å². The van der Waals surface area contributed by atoms with Crippen LogP contribution in [0.2, 0.25) is 0 Å². The molecule has 2 rings (SSSR count). The van der Waals surface area contributed by atoms with Crippen molar-refractivity contribution < 1.29 is 9.90 Å². The molecule has 0 saturated heterocycles. The van der Waals surface area contributed by atoms with Gasteiger partial charge >= 0.3 is 5.97 Å². The van der Waals surface area contributed by atoms with E-state index in [-0.39, 0.29) is 12.4 Å². The molecule has 1 aromatic heterocycles. The summed E-state index contributed by atoms with van der Waals surface area (Å²) in [6, 6.07) is 5.16. The van der Waals surface area contributed by atoms with Crippen molar-refractivity contribution in [2.45, 2.75) is 6.54 Å². The van der Waals surface area contributed by atoms with E-state index < -0.39 is 5.97 Å².